The van der Waals surface area contributed by atoms with Crippen molar-refractivity contribution in [3.63, 3.8) is 0 Å². The molecule has 0 radical (unpaired) electrons. The molecule has 0 bridgehead atoms. The molecule has 0 unspecified atom stereocenters. The lowest BCUT2D eigenvalue weighted by Gasteiger charge is -2.38. The van der Waals surface area contributed by atoms with Crippen LogP contribution in [0.3, 0.4) is 0 Å². The molecule has 3 aromatic heterocycles. The summed E-state index contributed by atoms with van der Waals surface area (Å²) in [5, 5.41) is 5.87. The van der Waals surface area contributed by atoms with Crippen molar-refractivity contribution in [1.82, 2.24) is 34.2 Å². The van der Waals surface area contributed by atoms with Gasteiger partial charge >= 0.3 is 0 Å². The van der Waals surface area contributed by atoms with E-state index in [0.29, 0.717) is 24.0 Å². The standard InChI is InChI=1S/C29H31FN8O/c30-23-4-2-1-3-20(23)16-37-18-34-24-15-19(5-10-25(24)37)27-26-28(31)32-17-33-29(26)38(35-27)22-8-6-21(7-9-22)36-11-13-39-14-12-36/h1-5,10,15,17-18,21-22H,6-9,11-14,16H2,(H2,31,32,33). The van der Waals surface area contributed by atoms with Gasteiger partial charge in [-0.15, -0.1) is 0 Å². The number of aromatic nitrogens is 6. The summed E-state index contributed by atoms with van der Waals surface area (Å²) in [6, 6.07) is 13.7. The van der Waals surface area contributed by atoms with Gasteiger partial charge in [-0.25, -0.2) is 24.0 Å². The molecule has 1 saturated heterocycles. The molecule has 2 aliphatic rings. The van der Waals surface area contributed by atoms with E-state index in [1.54, 1.807) is 18.5 Å². The summed E-state index contributed by atoms with van der Waals surface area (Å²) in [5.74, 6) is 0.205. The van der Waals surface area contributed by atoms with E-state index in [-0.39, 0.29) is 11.9 Å². The van der Waals surface area contributed by atoms with Crippen molar-refractivity contribution < 1.29 is 9.13 Å². The highest BCUT2D eigenvalue weighted by Crippen LogP contribution is 2.37. The Kier molecular flexibility index (Phi) is 6.21. The average Bonchev–Trinajstić information content (AvgIpc) is 3.57. The van der Waals surface area contributed by atoms with Crippen LogP contribution in [0.25, 0.3) is 33.3 Å². The number of imidazole rings is 1. The summed E-state index contributed by atoms with van der Waals surface area (Å²) in [6.07, 6.45) is 7.62. The van der Waals surface area contributed by atoms with E-state index in [0.717, 1.165) is 85.3 Å². The predicted molar refractivity (Wildman–Crippen MR) is 148 cm³/mol. The fourth-order valence-electron chi connectivity index (χ4n) is 6.21. The van der Waals surface area contributed by atoms with Crippen molar-refractivity contribution in [1.29, 1.82) is 0 Å². The Hall–Kier alpha value is -3.89. The SMILES string of the molecule is Nc1ncnc2c1c(-c1ccc3c(c1)ncn3Cc1ccccc1F)nn2C1CCC(N2CCOCC2)CC1. The van der Waals surface area contributed by atoms with Gasteiger partial charge in [0.25, 0.3) is 0 Å². The fourth-order valence-corrected chi connectivity index (χ4v) is 6.21. The first-order valence-electron chi connectivity index (χ1n) is 13.6. The lowest BCUT2D eigenvalue weighted by Crippen LogP contribution is -2.45. The van der Waals surface area contributed by atoms with E-state index in [1.165, 1.54) is 12.4 Å². The highest BCUT2D eigenvalue weighted by molar-refractivity contribution is 5.99. The molecule has 5 aromatic rings. The third-order valence-corrected chi connectivity index (χ3v) is 8.29. The first-order chi connectivity index (χ1) is 19.2. The second-order valence-electron chi connectivity index (χ2n) is 10.5. The van der Waals surface area contributed by atoms with Crippen molar-refractivity contribution in [2.75, 3.05) is 32.0 Å². The van der Waals surface area contributed by atoms with Crippen LogP contribution in [-0.2, 0) is 11.3 Å². The zero-order valence-corrected chi connectivity index (χ0v) is 21.7. The number of ether oxygens (including phenoxy) is 1. The summed E-state index contributed by atoms with van der Waals surface area (Å²) in [6.45, 7) is 4.11. The van der Waals surface area contributed by atoms with Gasteiger partial charge in [0.05, 0.1) is 48.5 Å². The number of morpholine rings is 1. The molecule has 39 heavy (non-hydrogen) atoms. The van der Waals surface area contributed by atoms with Crippen molar-refractivity contribution in [2.45, 2.75) is 44.3 Å². The van der Waals surface area contributed by atoms with Gasteiger partial charge in [-0.1, -0.05) is 24.3 Å². The van der Waals surface area contributed by atoms with Gasteiger partial charge in [-0.3, -0.25) is 4.90 Å². The van der Waals surface area contributed by atoms with Crippen LogP contribution in [0.15, 0.2) is 55.1 Å². The number of anilines is 1. The second-order valence-corrected chi connectivity index (χ2v) is 10.5. The van der Waals surface area contributed by atoms with E-state index >= 15 is 0 Å². The maximum absolute atomic E-state index is 14.2. The van der Waals surface area contributed by atoms with Crippen LogP contribution in [-0.4, -0.2) is 66.5 Å². The quantitative estimate of drug-likeness (QED) is 0.362. The van der Waals surface area contributed by atoms with Crippen LogP contribution in [0.2, 0.25) is 0 Å². The summed E-state index contributed by atoms with van der Waals surface area (Å²) in [7, 11) is 0. The minimum atomic E-state index is -0.220. The monoisotopic (exact) mass is 526 g/mol. The minimum absolute atomic E-state index is 0.220. The molecule has 2 N–H and O–H groups in total. The Morgan fingerprint density at radius 2 is 1.74 bits per heavy atom. The molecule has 2 fully saturated rings. The van der Waals surface area contributed by atoms with E-state index in [9.17, 15) is 4.39 Å². The van der Waals surface area contributed by atoms with Crippen molar-refractivity contribution in [2.24, 2.45) is 0 Å². The molecule has 10 heteroatoms. The van der Waals surface area contributed by atoms with Crippen LogP contribution < -0.4 is 5.73 Å². The van der Waals surface area contributed by atoms with Crippen LogP contribution in [0, 0.1) is 5.82 Å². The van der Waals surface area contributed by atoms with Gasteiger partial charge in [-0.05, 0) is 43.9 Å². The number of nitrogen functional groups attached to an aromatic ring is 1. The highest BCUT2D eigenvalue weighted by atomic mass is 19.1. The van der Waals surface area contributed by atoms with Crippen LogP contribution in [0.4, 0.5) is 10.2 Å². The topological polar surface area (TPSA) is 99.9 Å². The second kappa shape index (κ2) is 10.0. The molecule has 0 atom stereocenters. The Bertz CT molecular complexity index is 1630. The zero-order valence-electron chi connectivity index (χ0n) is 21.7. The highest BCUT2D eigenvalue weighted by Gasteiger charge is 2.30. The molecule has 7 rings (SSSR count). The summed E-state index contributed by atoms with van der Waals surface area (Å²) < 4.78 is 23.8. The maximum Gasteiger partial charge on any atom is 0.164 e. The van der Waals surface area contributed by atoms with Crippen molar-refractivity contribution >= 4 is 27.9 Å². The molecule has 9 nitrogen and oxygen atoms in total. The van der Waals surface area contributed by atoms with Gasteiger partial charge in [0, 0.05) is 30.3 Å². The maximum atomic E-state index is 14.2. The lowest BCUT2D eigenvalue weighted by molar-refractivity contribution is 0.00520. The van der Waals surface area contributed by atoms with Gasteiger partial charge in [0.15, 0.2) is 5.65 Å². The number of fused-ring (bicyclic) bond motifs is 2. The third kappa shape index (κ3) is 4.43. The molecule has 2 aromatic carbocycles. The normalized spacial score (nSPS) is 20.6. The fraction of sp³-hybridized carbons (Fsp3) is 0.379. The van der Waals surface area contributed by atoms with Gasteiger partial charge < -0.3 is 15.0 Å². The van der Waals surface area contributed by atoms with E-state index in [2.05, 4.69) is 24.5 Å². The summed E-state index contributed by atoms with van der Waals surface area (Å²) in [4.78, 5) is 16.1. The third-order valence-electron chi connectivity index (χ3n) is 8.29. The smallest absolute Gasteiger partial charge is 0.164 e. The van der Waals surface area contributed by atoms with E-state index < -0.39 is 0 Å². The number of nitrogens with two attached hydrogens (primary N) is 1. The molecule has 200 valence electrons. The van der Waals surface area contributed by atoms with Crippen LogP contribution in [0.1, 0.15) is 37.3 Å². The number of hydrogen-bond donors (Lipinski definition) is 1. The van der Waals surface area contributed by atoms with Crippen LogP contribution in [0.5, 0.6) is 0 Å². The van der Waals surface area contributed by atoms with E-state index in [4.69, 9.17) is 15.6 Å². The molecule has 1 aliphatic carbocycles. The lowest BCUT2D eigenvalue weighted by atomic mass is 9.90. The van der Waals surface area contributed by atoms with E-state index in [1.807, 2.05) is 28.8 Å². The summed E-state index contributed by atoms with van der Waals surface area (Å²) in [5.41, 5.74) is 11.2. The molecule has 1 saturated carbocycles. The van der Waals surface area contributed by atoms with Crippen molar-refractivity contribution in [3.05, 3.63) is 66.5 Å². The number of nitrogens with zero attached hydrogens (tertiary/aromatic N) is 7. The number of halogens is 1. The first-order valence-corrected chi connectivity index (χ1v) is 13.6. The Morgan fingerprint density at radius 3 is 2.56 bits per heavy atom. The minimum Gasteiger partial charge on any atom is -0.383 e. The number of benzene rings is 2. The predicted octanol–water partition coefficient (Wildman–Crippen LogP) is 4.43. The molecule has 0 amide bonds. The molecular formula is C29H31FN8O. The van der Waals surface area contributed by atoms with Gasteiger partial charge in [-0.2, -0.15) is 5.10 Å². The molecule has 4 heterocycles. The largest absolute Gasteiger partial charge is 0.383 e. The number of hydrogen-bond acceptors (Lipinski definition) is 7. The average molecular weight is 527 g/mol. The molecular weight excluding hydrogens is 495 g/mol. The van der Waals surface area contributed by atoms with Crippen LogP contribution >= 0.6 is 0 Å². The Labute approximate surface area is 225 Å². The van der Waals surface area contributed by atoms with Crippen molar-refractivity contribution in [3.8, 4) is 11.3 Å². The zero-order chi connectivity index (χ0) is 26.3. The molecule has 1 aliphatic heterocycles. The van der Waals surface area contributed by atoms with Gasteiger partial charge in [0.2, 0.25) is 0 Å². The Balaban J connectivity index is 1.20. The Morgan fingerprint density at radius 1 is 0.949 bits per heavy atom. The first kappa shape index (κ1) is 24.2. The number of rotatable bonds is 5. The summed E-state index contributed by atoms with van der Waals surface area (Å²) >= 11 is 0. The molecule has 0 spiro atoms. The van der Waals surface area contributed by atoms with Gasteiger partial charge in [0.1, 0.15) is 23.7 Å².